The predicted octanol–water partition coefficient (Wildman–Crippen LogP) is 5.06. The van der Waals surface area contributed by atoms with Crippen molar-refractivity contribution >= 4 is 38.8 Å². The molecule has 10 nitrogen and oxygen atoms in total. The first-order valence-electron chi connectivity index (χ1n) is 15.8. The van der Waals surface area contributed by atoms with Crippen LogP contribution in [0.25, 0.3) is 50.2 Å². The average molecular weight is 616 g/mol. The van der Waals surface area contributed by atoms with E-state index in [1.165, 1.54) is 0 Å². The summed E-state index contributed by atoms with van der Waals surface area (Å²) in [5, 5.41) is 29.2. The third kappa shape index (κ3) is 5.20. The van der Waals surface area contributed by atoms with Crippen LogP contribution in [0.3, 0.4) is 0 Å². The topological polar surface area (TPSA) is 140 Å². The highest BCUT2D eigenvalue weighted by Gasteiger charge is 2.23. The lowest BCUT2D eigenvalue weighted by molar-refractivity contribution is 0.287. The van der Waals surface area contributed by atoms with Gasteiger partial charge in [0.15, 0.2) is 0 Å². The zero-order valence-electron chi connectivity index (χ0n) is 25.5. The van der Waals surface area contributed by atoms with Gasteiger partial charge in [0.25, 0.3) is 0 Å². The standard InChI is InChI=1S/C36H37N7O3/c37-36-31(42-29-14-5-2-11-26(29)39-34(42)17-8-20-45)22-24(41-28-13-4-1-10-25(28)38-33(41)16-7-19-44)23-32(36)43-30-15-6-3-12-27(30)40-35(43)18-9-21-46/h1-6,10-15,22-23,44-46H,7-9,16-21,37H2. The predicted molar refractivity (Wildman–Crippen MR) is 181 cm³/mol. The highest BCUT2D eigenvalue weighted by atomic mass is 16.3. The van der Waals surface area contributed by atoms with Gasteiger partial charge in [0.1, 0.15) is 17.5 Å². The van der Waals surface area contributed by atoms with E-state index in [2.05, 4.69) is 31.9 Å². The lowest BCUT2D eigenvalue weighted by Crippen LogP contribution is -2.13. The van der Waals surface area contributed by atoms with Crippen LogP contribution in [0.1, 0.15) is 36.7 Å². The molecule has 3 aromatic heterocycles. The Kier molecular flexibility index (Phi) is 8.23. The number of benzene rings is 4. The molecule has 0 aliphatic heterocycles. The molecule has 4 aromatic carbocycles. The monoisotopic (exact) mass is 615 g/mol. The fourth-order valence-corrected chi connectivity index (χ4v) is 6.38. The summed E-state index contributed by atoms with van der Waals surface area (Å²) in [4.78, 5) is 14.9. The third-order valence-corrected chi connectivity index (χ3v) is 8.43. The molecule has 0 amide bonds. The minimum Gasteiger partial charge on any atom is -0.396 e. The number of aryl methyl sites for hydroxylation is 3. The number of rotatable bonds is 12. The molecule has 0 fully saturated rings. The van der Waals surface area contributed by atoms with Gasteiger partial charge in [0, 0.05) is 39.1 Å². The molecule has 234 valence electrons. The van der Waals surface area contributed by atoms with Gasteiger partial charge in [-0.2, -0.15) is 0 Å². The van der Waals surface area contributed by atoms with Crippen LogP contribution in [0.15, 0.2) is 84.9 Å². The molecule has 3 heterocycles. The van der Waals surface area contributed by atoms with Crippen LogP contribution in [0.2, 0.25) is 0 Å². The summed E-state index contributed by atoms with van der Waals surface area (Å²) in [6.07, 6.45) is 3.42. The molecule has 0 saturated heterocycles. The second-order valence-electron chi connectivity index (χ2n) is 11.4. The highest BCUT2D eigenvalue weighted by molar-refractivity contribution is 5.87. The van der Waals surface area contributed by atoms with Gasteiger partial charge in [-0.3, -0.25) is 13.7 Å². The number of para-hydroxylation sites is 6. The Bertz CT molecular complexity index is 2050. The zero-order valence-corrected chi connectivity index (χ0v) is 25.5. The van der Waals surface area contributed by atoms with E-state index in [0.29, 0.717) is 44.2 Å². The van der Waals surface area contributed by atoms with Gasteiger partial charge < -0.3 is 21.1 Å². The summed E-state index contributed by atoms with van der Waals surface area (Å²) in [6, 6.07) is 28.2. The number of nitrogens with zero attached hydrogens (tertiary/aromatic N) is 6. The first kappa shape index (κ1) is 29.7. The zero-order chi connectivity index (χ0) is 31.6. The van der Waals surface area contributed by atoms with Crippen molar-refractivity contribution in [2.45, 2.75) is 38.5 Å². The maximum atomic E-state index is 9.74. The summed E-state index contributed by atoms with van der Waals surface area (Å²) >= 11 is 0. The fraction of sp³-hybridized carbons (Fsp3) is 0.250. The van der Waals surface area contributed by atoms with Gasteiger partial charge in [-0.05, 0) is 67.8 Å². The molecule has 46 heavy (non-hydrogen) atoms. The Morgan fingerprint density at radius 2 is 0.848 bits per heavy atom. The summed E-state index contributed by atoms with van der Waals surface area (Å²) in [7, 11) is 0. The van der Waals surface area contributed by atoms with Gasteiger partial charge in [-0.15, -0.1) is 0 Å². The molecular weight excluding hydrogens is 578 g/mol. The number of aliphatic hydroxyl groups excluding tert-OH is 3. The van der Waals surface area contributed by atoms with Crippen LogP contribution >= 0.6 is 0 Å². The maximum Gasteiger partial charge on any atom is 0.114 e. The second-order valence-corrected chi connectivity index (χ2v) is 11.4. The molecule has 0 bridgehead atoms. The number of aliphatic hydroxyl groups is 3. The van der Waals surface area contributed by atoms with Crippen molar-refractivity contribution < 1.29 is 15.3 Å². The van der Waals surface area contributed by atoms with Gasteiger partial charge >= 0.3 is 0 Å². The van der Waals surface area contributed by atoms with Crippen LogP contribution in [-0.2, 0) is 19.3 Å². The van der Waals surface area contributed by atoms with E-state index >= 15 is 0 Å². The first-order valence-corrected chi connectivity index (χ1v) is 15.8. The Balaban J connectivity index is 1.58. The third-order valence-electron chi connectivity index (χ3n) is 8.43. The van der Waals surface area contributed by atoms with Crippen molar-refractivity contribution in [1.29, 1.82) is 0 Å². The summed E-state index contributed by atoms with van der Waals surface area (Å²) in [6.45, 7) is 0.162. The number of fused-ring (bicyclic) bond motifs is 3. The number of aromatic nitrogens is 6. The van der Waals surface area contributed by atoms with Crippen LogP contribution in [0.4, 0.5) is 5.69 Å². The van der Waals surface area contributed by atoms with Gasteiger partial charge in [-0.1, -0.05) is 36.4 Å². The van der Waals surface area contributed by atoms with E-state index in [0.717, 1.165) is 67.6 Å². The number of hydrogen-bond acceptors (Lipinski definition) is 7. The van der Waals surface area contributed by atoms with Gasteiger partial charge in [0.05, 0.1) is 55.8 Å². The van der Waals surface area contributed by atoms with Crippen molar-refractivity contribution in [2.24, 2.45) is 0 Å². The van der Waals surface area contributed by atoms with E-state index in [4.69, 9.17) is 20.7 Å². The van der Waals surface area contributed by atoms with Crippen molar-refractivity contribution in [3.05, 3.63) is 102 Å². The van der Waals surface area contributed by atoms with Crippen molar-refractivity contribution in [3.63, 3.8) is 0 Å². The van der Waals surface area contributed by atoms with Crippen LogP contribution in [0.5, 0.6) is 0 Å². The Hall–Kier alpha value is -5.03. The molecule has 7 rings (SSSR count). The molecule has 0 unspecified atom stereocenters. The minimum atomic E-state index is 0.0501. The lowest BCUT2D eigenvalue weighted by Gasteiger charge is -2.21. The number of nitrogens with two attached hydrogens (primary N) is 1. The maximum absolute atomic E-state index is 9.74. The number of hydrogen-bond donors (Lipinski definition) is 4. The van der Waals surface area contributed by atoms with Gasteiger partial charge in [-0.25, -0.2) is 15.0 Å². The molecule has 7 aromatic rings. The molecule has 0 atom stereocenters. The normalized spacial score (nSPS) is 11.8. The van der Waals surface area contributed by atoms with Crippen LogP contribution in [0, 0.1) is 0 Å². The molecular formula is C36H37N7O3. The van der Waals surface area contributed by atoms with Crippen molar-refractivity contribution in [3.8, 4) is 17.1 Å². The average Bonchev–Trinajstić information content (AvgIpc) is 3.76. The first-order chi connectivity index (χ1) is 22.6. The number of nitrogen functional groups attached to an aromatic ring is 1. The van der Waals surface area contributed by atoms with Crippen LogP contribution < -0.4 is 5.73 Å². The molecule has 0 aliphatic rings. The molecule has 0 saturated carbocycles. The molecule has 5 N–H and O–H groups in total. The quantitative estimate of drug-likeness (QED) is 0.141. The molecule has 0 aliphatic carbocycles. The summed E-state index contributed by atoms with van der Waals surface area (Å²) in [5.41, 5.74) is 15.5. The van der Waals surface area contributed by atoms with E-state index < -0.39 is 0 Å². The van der Waals surface area contributed by atoms with E-state index in [1.54, 1.807) is 0 Å². The fourth-order valence-electron chi connectivity index (χ4n) is 6.38. The molecule has 10 heteroatoms. The lowest BCUT2D eigenvalue weighted by atomic mass is 10.1. The Morgan fingerprint density at radius 1 is 0.500 bits per heavy atom. The Labute approximate surface area is 266 Å². The van der Waals surface area contributed by atoms with Crippen molar-refractivity contribution in [2.75, 3.05) is 25.6 Å². The van der Waals surface area contributed by atoms with E-state index in [-0.39, 0.29) is 19.8 Å². The van der Waals surface area contributed by atoms with E-state index in [1.807, 2.05) is 66.7 Å². The van der Waals surface area contributed by atoms with E-state index in [9.17, 15) is 15.3 Å². The van der Waals surface area contributed by atoms with Crippen LogP contribution in [-0.4, -0.2) is 63.8 Å². The highest BCUT2D eigenvalue weighted by Crippen LogP contribution is 2.37. The van der Waals surface area contributed by atoms with Gasteiger partial charge in [0.2, 0.25) is 0 Å². The largest absolute Gasteiger partial charge is 0.396 e. The Morgan fingerprint density at radius 3 is 1.24 bits per heavy atom. The smallest absolute Gasteiger partial charge is 0.114 e. The summed E-state index contributed by atoms with van der Waals surface area (Å²) < 4.78 is 6.36. The molecule has 0 radical (unpaired) electrons. The number of imidazole rings is 3. The molecule has 0 spiro atoms. The second kappa shape index (κ2) is 12.8. The minimum absolute atomic E-state index is 0.0501. The van der Waals surface area contributed by atoms with Crippen molar-refractivity contribution in [1.82, 2.24) is 28.7 Å². The summed E-state index contributed by atoms with van der Waals surface area (Å²) in [5.74, 6) is 2.44. The SMILES string of the molecule is Nc1c(-n2c(CCCO)nc3ccccc32)cc(-n2c(CCCO)nc3ccccc32)cc1-n1c(CCCO)nc2ccccc21. The number of anilines is 1.